The van der Waals surface area contributed by atoms with Gasteiger partial charge in [0, 0.05) is 11.6 Å². The molecule has 0 fully saturated rings. The number of carbonyl (C=O) groups is 1. The minimum Gasteiger partial charge on any atom is -0.479 e. The molecule has 0 spiro atoms. The summed E-state index contributed by atoms with van der Waals surface area (Å²) in [5, 5.41) is 4.18. The Kier molecular flexibility index (Phi) is 7.41. The van der Waals surface area contributed by atoms with Gasteiger partial charge in [-0.1, -0.05) is 60.5 Å². The lowest BCUT2D eigenvalue weighted by atomic mass is 10.1. The Morgan fingerprint density at radius 3 is 2.42 bits per heavy atom. The van der Waals surface area contributed by atoms with Crippen molar-refractivity contribution in [3.63, 3.8) is 0 Å². The first-order valence-corrected chi connectivity index (χ1v) is 8.79. The van der Waals surface area contributed by atoms with Crippen LogP contribution in [0.15, 0.2) is 48.5 Å². The quantitative estimate of drug-likeness (QED) is 0.675. The Morgan fingerprint density at radius 1 is 1.08 bits per heavy atom. The molecule has 1 atom stereocenters. The van der Waals surface area contributed by atoms with Gasteiger partial charge in [0.2, 0.25) is 0 Å². The van der Waals surface area contributed by atoms with Gasteiger partial charge in [0.25, 0.3) is 5.91 Å². The van der Waals surface area contributed by atoms with Crippen LogP contribution in [0.3, 0.4) is 0 Å². The van der Waals surface area contributed by atoms with Gasteiger partial charge in [0.15, 0.2) is 6.10 Å². The van der Waals surface area contributed by atoms with E-state index in [0.717, 1.165) is 23.4 Å². The Balaban J connectivity index is 1.80. The summed E-state index contributed by atoms with van der Waals surface area (Å²) < 4.78 is 5.73. The van der Waals surface area contributed by atoms with Crippen LogP contribution in [-0.2, 0) is 11.2 Å². The summed E-state index contributed by atoms with van der Waals surface area (Å²) in [6.07, 6.45) is 1.66. The Hall–Kier alpha value is -1.71. The van der Waals surface area contributed by atoms with Gasteiger partial charge in [0.1, 0.15) is 5.75 Å². The normalized spacial score (nSPS) is 11.8. The van der Waals surface area contributed by atoms with Crippen LogP contribution in [0.25, 0.3) is 0 Å². The number of carbonyl (C=O) groups excluding carboxylic acids is 1. The van der Waals surface area contributed by atoms with Gasteiger partial charge in [-0.3, -0.25) is 4.79 Å². The number of aryl methyl sites for hydroxylation is 1. The Morgan fingerprint density at radius 2 is 1.75 bits per heavy atom. The van der Waals surface area contributed by atoms with Gasteiger partial charge < -0.3 is 10.1 Å². The predicted octanol–water partition coefficient (Wildman–Crippen LogP) is 4.90. The second-order valence-electron chi connectivity index (χ2n) is 5.43. The number of rotatable bonds is 8. The maximum absolute atomic E-state index is 12.3. The lowest BCUT2D eigenvalue weighted by Gasteiger charge is -2.18. The third-order valence-electron chi connectivity index (χ3n) is 3.65. The predicted molar refractivity (Wildman–Crippen MR) is 98.9 cm³/mol. The third-order valence-corrected chi connectivity index (χ3v) is 4.33. The maximum atomic E-state index is 12.3. The molecular formula is C19H21Cl2NO2. The van der Waals surface area contributed by atoms with Gasteiger partial charge >= 0.3 is 0 Å². The van der Waals surface area contributed by atoms with Crippen molar-refractivity contribution in [3.8, 4) is 5.75 Å². The van der Waals surface area contributed by atoms with Gasteiger partial charge in [-0.15, -0.1) is 0 Å². The van der Waals surface area contributed by atoms with E-state index in [1.807, 2.05) is 43.3 Å². The molecule has 2 aromatic carbocycles. The van der Waals surface area contributed by atoms with Crippen molar-refractivity contribution in [2.75, 3.05) is 6.54 Å². The van der Waals surface area contributed by atoms with E-state index < -0.39 is 6.10 Å². The van der Waals surface area contributed by atoms with Crippen molar-refractivity contribution in [3.05, 3.63) is 64.1 Å². The number of para-hydroxylation sites is 1. The first-order valence-electron chi connectivity index (χ1n) is 8.04. The van der Waals surface area contributed by atoms with E-state index in [1.54, 1.807) is 12.1 Å². The van der Waals surface area contributed by atoms with Crippen LogP contribution in [0.5, 0.6) is 5.75 Å². The number of benzene rings is 2. The molecule has 0 aromatic heterocycles. The molecule has 0 bridgehead atoms. The van der Waals surface area contributed by atoms with Crippen molar-refractivity contribution in [2.24, 2.45) is 0 Å². The highest BCUT2D eigenvalue weighted by atomic mass is 35.5. The van der Waals surface area contributed by atoms with Crippen LogP contribution in [0.4, 0.5) is 0 Å². The van der Waals surface area contributed by atoms with E-state index >= 15 is 0 Å². The molecule has 0 aliphatic heterocycles. The third kappa shape index (κ3) is 5.43. The van der Waals surface area contributed by atoms with Crippen molar-refractivity contribution in [1.29, 1.82) is 0 Å². The van der Waals surface area contributed by atoms with E-state index in [0.29, 0.717) is 23.7 Å². The lowest BCUT2D eigenvalue weighted by Crippen LogP contribution is -2.38. The number of ether oxygens (including phenoxy) is 1. The summed E-state index contributed by atoms with van der Waals surface area (Å²) in [5.74, 6) is 0.397. The average molecular weight is 366 g/mol. The number of halogens is 2. The fourth-order valence-corrected chi connectivity index (χ4v) is 2.73. The van der Waals surface area contributed by atoms with Crippen LogP contribution in [0.2, 0.25) is 10.0 Å². The minimum absolute atomic E-state index is 0.128. The van der Waals surface area contributed by atoms with Gasteiger partial charge in [-0.2, -0.15) is 0 Å². The van der Waals surface area contributed by atoms with Crippen molar-refractivity contribution < 1.29 is 9.53 Å². The fraction of sp³-hybridized carbons (Fsp3) is 0.316. The van der Waals surface area contributed by atoms with Crippen molar-refractivity contribution in [2.45, 2.75) is 32.3 Å². The van der Waals surface area contributed by atoms with Crippen LogP contribution in [0.1, 0.15) is 25.3 Å². The first kappa shape index (κ1) is 18.6. The summed E-state index contributed by atoms with van der Waals surface area (Å²) in [4.78, 5) is 12.3. The molecule has 24 heavy (non-hydrogen) atoms. The second-order valence-corrected chi connectivity index (χ2v) is 6.25. The molecule has 2 aromatic rings. The van der Waals surface area contributed by atoms with Crippen molar-refractivity contribution >= 4 is 29.1 Å². The molecule has 128 valence electrons. The van der Waals surface area contributed by atoms with E-state index in [9.17, 15) is 4.79 Å². The Labute approximate surface area is 152 Å². The highest BCUT2D eigenvalue weighted by Crippen LogP contribution is 2.24. The molecule has 1 amide bonds. The van der Waals surface area contributed by atoms with E-state index in [4.69, 9.17) is 27.9 Å². The largest absolute Gasteiger partial charge is 0.479 e. The second kappa shape index (κ2) is 9.55. The number of hydrogen-bond donors (Lipinski definition) is 1. The van der Waals surface area contributed by atoms with Crippen LogP contribution in [0, 0.1) is 0 Å². The average Bonchev–Trinajstić information content (AvgIpc) is 2.59. The number of amides is 1. The summed E-state index contributed by atoms with van der Waals surface area (Å²) in [6.45, 7) is 2.48. The smallest absolute Gasteiger partial charge is 0.261 e. The van der Waals surface area contributed by atoms with E-state index in [2.05, 4.69) is 5.32 Å². The lowest BCUT2D eigenvalue weighted by molar-refractivity contribution is -0.128. The topological polar surface area (TPSA) is 38.3 Å². The number of hydrogen-bond acceptors (Lipinski definition) is 2. The van der Waals surface area contributed by atoms with E-state index in [1.165, 1.54) is 0 Å². The molecule has 0 aliphatic rings. The molecule has 5 heteroatoms. The molecule has 0 aliphatic carbocycles. The minimum atomic E-state index is -0.551. The molecular weight excluding hydrogens is 345 g/mol. The van der Waals surface area contributed by atoms with Crippen LogP contribution >= 0.6 is 23.2 Å². The van der Waals surface area contributed by atoms with E-state index in [-0.39, 0.29) is 5.91 Å². The van der Waals surface area contributed by atoms with Gasteiger partial charge in [-0.25, -0.2) is 0 Å². The fourth-order valence-electron chi connectivity index (χ4n) is 2.32. The zero-order valence-corrected chi connectivity index (χ0v) is 15.1. The molecule has 0 heterocycles. The highest BCUT2D eigenvalue weighted by Gasteiger charge is 2.18. The Bertz CT molecular complexity index is 676. The standard InChI is InChI=1S/C19H21Cl2NO2/c1-2-17(24-18-12-6-5-11-16(18)21)19(23)22-13-7-9-14-8-3-4-10-15(14)20/h3-6,8,10-12,17H,2,7,9,13H2,1H3,(H,22,23)/t17-/m0/s1. The molecule has 0 saturated heterocycles. The SMILES string of the molecule is CC[C@H](Oc1ccccc1Cl)C(=O)NCCCc1ccccc1Cl. The summed E-state index contributed by atoms with van der Waals surface area (Å²) in [6, 6.07) is 14.9. The van der Waals surface area contributed by atoms with Crippen LogP contribution < -0.4 is 10.1 Å². The molecule has 0 saturated carbocycles. The maximum Gasteiger partial charge on any atom is 0.261 e. The molecule has 0 unspecified atom stereocenters. The summed E-state index contributed by atoms with van der Waals surface area (Å²) >= 11 is 12.2. The van der Waals surface area contributed by atoms with Gasteiger partial charge in [-0.05, 0) is 43.0 Å². The summed E-state index contributed by atoms with van der Waals surface area (Å²) in [7, 11) is 0. The first-order chi connectivity index (χ1) is 11.6. The molecule has 0 radical (unpaired) electrons. The molecule has 2 rings (SSSR count). The monoisotopic (exact) mass is 365 g/mol. The van der Waals surface area contributed by atoms with Gasteiger partial charge in [0.05, 0.1) is 5.02 Å². The van der Waals surface area contributed by atoms with Crippen molar-refractivity contribution in [1.82, 2.24) is 5.32 Å². The number of nitrogens with one attached hydrogen (secondary N) is 1. The highest BCUT2D eigenvalue weighted by molar-refractivity contribution is 6.32. The zero-order valence-electron chi connectivity index (χ0n) is 13.6. The van der Waals surface area contributed by atoms with Crippen LogP contribution in [-0.4, -0.2) is 18.6 Å². The summed E-state index contributed by atoms with van der Waals surface area (Å²) in [5.41, 5.74) is 1.09. The molecule has 3 nitrogen and oxygen atoms in total. The zero-order chi connectivity index (χ0) is 17.4. The molecule has 1 N–H and O–H groups in total.